The maximum atomic E-state index is 12.5. The lowest BCUT2D eigenvalue weighted by Crippen LogP contribution is -2.29. The summed E-state index contributed by atoms with van der Waals surface area (Å²) in [6.07, 6.45) is 13.3. The molecule has 3 aromatic rings. The normalized spacial score (nSPS) is 18.9. The fourth-order valence-corrected chi connectivity index (χ4v) is 3.43. The predicted octanol–water partition coefficient (Wildman–Crippen LogP) is 2.33. The Morgan fingerprint density at radius 1 is 1.24 bits per heavy atom. The van der Waals surface area contributed by atoms with Crippen molar-refractivity contribution in [2.45, 2.75) is 6.54 Å². The number of imidazole rings is 1. The quantitative estimate of drug-likeness (QED) is 0.687. The second kappa shape index (κ2) is 5.11. The number of amides is 1. The summed E-state index contributed by atoms with van der Waals surface area (Å²) in [5.74, 6) is -0.173. The van der Waals surface area contributed by atoms with Crippen molar-refractivity contribution in [2.24, 2.45) is 5.92 Å². The molecule has 0 bridgehead atoms. The third kappa shape index (κ3) is 2.11. The maximum Gasteiger partial charge on any atom is 0.234 e. The number of aromatic nitrogens is 4. The molecule has 3 aromatic heterocycles. The van der Waals surface area contributed by atoms with Crippen LogP contribution in [0.2, 0.25) is 0 Å². The molecule has 1 aliphatic heterocycles. The Bertz CT molecular complexity index is 1080. The first-order valence-electron chi connectivity index (χ1n) is 8.13. The Morgan fingerprint density at radius 2 is 2.16 bits per heavy atom. The fourth-order valence-electron chi connectivity index (χ4n) is 3.43. The van der Waals surface area contributed by atoms with Crippen LogP contribution >= 0.6 is 0 Å². The number of pyridine rings is 1. The molecule has 2 aliphatic rings. The highest BCUT2D eigenvalue weighted by Gasteiger charge is 2.33. The molecule has 4 heterocycles. The lowest BCUT2D eigenvalue weighted by Gasteiger charge is -2.16. The molecule has 0 fully saturated rings. The molecule has 25 heavy (non-hydrogen) atoms. The van der Waals surface area contributed by atoms with E-state index < -0.39 is 0 Å². The first kappa shape index (κ1) is 14.1. The summed E-state index contributed by atoms with van der Waals surface area (Å²) in [5, 5.41) is 0. The van der Waals surface area contributed by atoms with Gasteiger partial charge < -0.3 is 9.30 Å². The van der Waals surface area contributed by atoms with E-state index in [1.807, 2.05) is 54.2 Å². The molecule has 1 unspecified atom stereocenters. The number of hydrogen-bond acceptors (Lipinski definition) is 4. The molecular weight excluding hydrogens is 314 g/mol. The third-order valence-electron chi connectivity index (χ3n) is 4.75. The number of carbonyl (C=O) groups excluding carboxylic acids is 1. The zero-order chi connectivity index (χ0) is 17.0. The van der Waals surface area contributed by atoms with Gasteiger partial charge in [0, 0.05) is 31.2 Å². The molecule has 0 saturated carbocycles. The minimum Gasteiger partial charge on any atom is -0.339 e. The molecule has 6 nitrogen and oxygen atoms in total. The Labute approximate surface area is 144 Å². The largest absolute Gasteiger partial charge is 0.339 e. The van der Waals surface area contributed by atoms with Crippen molar-refractivity contribution in [2.75, 3.05) is 7.05 Å². The van der Waals surface area contributed by atoms with Gasteiger partial charge in [0.05, 0.1) is 35.7 Å². The molecule has 0 spiro atoms. The summed E-state index contributed by atoms with van der Waals surface area (Å²) in [6, 6.07) is 3.95. The molecular formula is C19H15N5O. The minimum absolute atomic E-state index is 0.0844. The van der Waals surface area contributed by atoms with Crippen molar-refractivity contribution in [3.63, 3.8) is 0 Å². The van der Waals surface area contributed by atoms with Crippen LogP contribution in [0, 0.1) is 5.92 Å². The summed E-state index contributed by atoms with van der Waals surface area (Å²) in [5.41, 5.74) is 5.23. The van der Waals surface area contributed by atoms with Gasteiger partial charge in [-0.2, -0.15) is 0 Å². The third-order valence-corrected chi connectivity index (χ3v) is 4.75. The van der Waals surface area contributed by atoms with Gasteiger partial charge in [-0.3, -0.25) is 9.78 Å². The monoisotopic (exact) mass is 329 g/mol. The van der Waals surface area contributed by atoms with Crippen molar-refractivity contribution < 1.29 is 4.79 Å². The van der Waals surface area contributed by atoms with E-state index in [1.165, 1.54) is 0 Å². The molecule has 1 atom stereocenters. The van der Waals surface area contributed by atoms with E-state index in [9.17, 15) is 4.79 Å². The average molecular weight is 329 g/mol. The molecule has 0 saturated heterocycles. The molecule has 6 heteroatoms. The van der Waals surface area contributed by atoms with Crippen LogP contribution in [0.5, 0.6) is 0 Å². The lowest BCUT2D eigenvalue weighted by molar-refractivity contribution is -0.131. The van der Waals surface area contributed by atoms with Crippen molar-refractivity contribution in [3.05, 3.63) is 66.5 Å². The van der Waals surface area contributed by atoms with E-state index in [2.05, 4.69) is 9.97 Å². The Balaban J connectivity index is 1.66. The van der Waals surface area contributed by atoms with E-state index in [1.54, 1.807) is 17.3 Å². The minimum atomic E-state index is -0.257. The van der Waals surface area contributed by atoms with Crippen molar-refractivity contribution in [1.29, 1.82) is 0 Å². The van der Waals surface area contributed by atoms with Crippen LogP contribution in [0.15, 0.2) is 55.1 Å². The Kier molecular flexibility index (Phi) is 2.88. The van der Waals surface area contributed by atoms with Gasteiger partial charge in [-0.1, -0.05) is 18.2 Å². The molecule has 1 aliphatic carbocycles. The highest BCUT2D eigenvalue weighted by atomic mass is 16.2. The highest BCUT2D eigenvalue weighted by Crippen LogP contribution is 2.35. The van der Waals surface area contributed by atoms with Gasteiger partial charge in [0.15, 0.2) is 0 Å². The fraction of sp³-hybridized carbons (Fsp3) is 0.158. The average Bonchev–Trinajstić information content (AvgIpc) is 3.28. The zero-order valence-corrected chi connectivity index (χ0v) is 13.6. The van der Waals surface area contributed by atoms with E-state index >= 15 is 0 Å². The predicted molar refractivity (Wildman–Crippen MR) is 93.3 cm³/mol. The van der Waals surface area contributed by atoms with E-state index in [-0.39, 0.29) is 11.8 Å². The number of hydrogen-bond donors (Lipinski definition) is 0. The van der Waals surface area contributed by atoms with Gasteiger partial charge in [-0.25, -0.2) is 9.97 Å². The Morgan fingerprint density at radius 3 is 3.08 bits per heavy atom. The van der Waals surface area contributed by atoms with Crippen LogP contribution in [-0.2, 0) is 11.3 Å². The van der Waals surface area contributed by atoms with Crippen LogP contribution in [0.4, 0.5) is 0 Å². The smallest absolute Gasteiger partial charge is 0.234 e. The number of carbonyl (C=O) groups is 1. The number of fused-ring (bicyclic) bond motifs is 4. The second-order valence-corrected chi connectivity index (χ2v) is 6.34. The van der Waals surface area contributed by atoms with E-state index in [0.717, 1.165) is 33.9 Å². The van der Waals surface area contributed by atoms with Crippen LogP contribution in [0.25, 0.3) is 22.5 Å². The standard InChI is InChI=1S/C19H15N5O/c1-23-11-16-18(13-3-2-4-14(13)19(23)25)22-15(9-21-16)12-5-6-17-20-7-8-24(17)10-12/h2-10,14H,11H2,1H3. The zero-order valence-electron chi connectivity index (χ0n) is 13.6. The van der Waals surface area contributed by atoms with E-state index in [0.29, 0.717) is 6.54 Å². The summed E-state index contributed by atoms with van der Waals surface area (Å²) >= 11 is 0. The summed E-state index contributed by atoms with van der Waals surface area (Å²) in [7, 11) is 1.81. The first-order chi connectivity index (χ1) is 12.2. The van der Waals surface area contributed by atoms with Gasteiger partial charge in [-0.05, 0) is 17.7 Å². The SMILES string of the molecule is CN1Cc2ncc(-c3ccc4nccn4c3)nc2C2=CC=CC2C1=O. The molecule has 0 radical (unpaired) electrons. The highest BCUT2D eigenvalue weighted by molar-refractivity contribution is 5.96. The van der Waals surface area contributed by atoms with Gasteiger partial charge in [0.25, 0.3) is 0 Å². The lowest BCUT2D eigenvalue weighted by atomic mass is 9.98. The second-order valence-electron chi connectivity index (χ2n) is 6.34. The maximum absolute atomic E-state index is 12.5. The number of allylic oxidation sites excluding steroid dienone is 2. The van der Waals surface area contributed by atoms with Gasteiger partial charge in [0.2, 0.25) is 5.91 Å². The molecule has 1 amide bonds. The summed E-state index contributed by atoms with van der Waals surface area (Å²) in [6.45, 7) is 0.476. The Hall–Kier alpha value is -3.28. The number of rotatable bonds is 1. The first-order valence-corrected chi connectivity index (χ1v) is 8.13. The van der Waals surface area contributed by atoms with Crippen LogP contribution in [0.1, 0.15) is 11.4 Å². The van der Waals surface area contributed by atoms with Crippen molar-refractivity contribution in [1.82, 2.24) is 24.3 Å². The van der Waals surface area contributed by atoms with Crippen LogP contribution < -0.4 is 0 Å². The van der Waals surface area contributed by atoms with E-state index in [4.69, 9.17) is 4.98 Å². The van der Waals surface area contributed by atoms with Gasteiger partial charge in [0.1, 0.15) is 5.65 Å². The molecule has 0 N–H and O–H groups in total. The topological polar surface area (TPSA) is 63.4 Å². The molecule has 122 valence electrons. The van der Waals surface area contributed by atoms with Crippen LogP contribution in [0.3, 0.4) is 0 Å². The molecule has 5 rings (SSSR count). The van der Waals surface area contributed by atoms with Gasteiger partial charge in [-0.15, -0.1) is 0 Å². The number of nitrogens with zero attached hydrogens (tertiary/aromatic N) is 5. The van der Waals surface area contributed by atoms with Gasteiger partial charge >= 0.3 is 0 Å². The van der Waals surface area contributed by atoms with Crippen molar-refractivity contribution in [3.8, 4) is 11.3 Å². The summed E-state index contributed by atoms with van der Waals surface area (Å²) in [4.78, 5) is 28.0. The molecule has 0 aromatic carbocycles. The summed E-state index contributed by atoms with van der Waals surface area (Å²) < 4.78 is 1.96. The van der Waals surface area contributed by atoms with Crippen molar-refractivity contribution >= 4 is 17.1 Å². The van der Waals surface area contributed by atoms with Crippen LogP contribution in [-0.4, -0.2) is 37.2 Å².